The van der Waals surface area contributed by atoms with Crippen molar-refractivity contribution >= 4 is 21.4 Å². The van der Waals surface area contributed by atoms with E-state index < -0.39 is 20.5 Å². The Balaban J connectivity index is 2.43. The minimum atomic E-state index is -3.67. The zero-order chi connectivity index (χ0) is 21.1. The molecule has 5 nitrogen and oxygen atoms in total. The van der Waals surface area contributed by atoms with Crippen molar-refractivity contribution in [3.05, 3.63) is 59.7 Å². The van der Waals surface area contributed by atoms with Crippen molar-refractivity contribution < 1.29 is 13.2 Å². The molecule has 1 atom stereocenters. The molecule has 0 saturated heterocycles. The summed E-state index contributed by atoms with van der Waals surface area (Å²) in [4.78, 5) is 14.5. The van der Waals surface area contributed by atoms with Crippen LogP contribution in [-0.2, 0) is 14.6 Å². The molecule has 2 aromatic rings. The number of anilines is 1. The molecule has 0 unspecified atom stereocenters. The van der Waals surface area contributed by atoms with E-state index >= 15 is 0 Å². The molecular weight excluding hydrogens is 372 g/mol. The highest BCUT2D eigenvalue weighted by atomic mass is 32.2. The molecule has 1 amide bonds. The van der Waals surface area contributed by atoms with Gasteiger partial charge in [0.1, 0.15) is 5.25 Å². The number of nitrogens with one attached hydrogen (secondary N) is 1. The standard InChI is InChI=1S/C22H30N2O3S/c1-16-7-13-19(14-8-16)28(26,27)20(15-23-21(25)22(2,3)4)17-9-11-18(12-10-17)24(5)6/h7-14,20H,15H2,1-6H3,(H,23,25)/t20-/m1/s1. The Morgan fingerprint density at radius 3 is 2.00 bits per heavy atom. The van der Waals surface area contributed by atoms with Gasteiger partial charge in [0.15, 0.2) is 9.84 Å². The fourth-order valence-corrected chi connectivity index (χ4v) is 4.40. The summed E-state index contributed by atoms with van der Waals surface area (Å²) in [5, 5.41) is 1.95. The zero-order valence-corrected chi connectivity index (χ0v) is 18.3. The first-order chi connectivity index (χ1) is 12.9. The van der Waals surface area contributed by atoms with Crippen LogP contribution in [0.5, 0.6) is 0 Å². The second-order valence-electron chi connectivity index (χ2n) is 8.29. The Hall–Kier alpha value is -2.34. The average molecular weight is 403 g/mol. The number of carbonyl (C=O) groups is 1. The third kappa shape index (κ3) is 5.13. The first-order valence-electron chi connectivity index (χ1n) is 9.29. The van der Waals surface area contributed by atoms with E-state index in [9.17, 15) is 13.2 Å². The highest BCUT2D eigenvalue weighted by Crippen LogP contribution is 2.30. The van der Waals surface area contributed by atoms with Crippen molar-refractivity contribution in [2.75, 3.05) is 25.5 Å². The molecule has 2 rings (SSSR count). The van der Waals surface area contributed by atoms with E-state index in [0.29, 0.717) is 5.56 Å². The molecule has 0 bridgehead atoms. The number of sulfone groups is 1. The van der Waals surface area contributed by atoms with Crippen molar-refractivity contribution in [3.8, 4) is 0 Å². The largest absolute Gasteiger partial charge is 0.378 e. The van der Waals surface area contributed by atoms with Crippen LogP contribution in [0.15, 0.2) is 53.4 Å². The number of rotatable bonds is 6. The lowest BCUT2D eigenvalue weighted by atomic mass is 9.95. The first kappa shape index (κ1) is 22.0. The van der Waals surface area contributed by atoms with Gasteiger partial charge in [0.25, 0.3) is 0 Å². The second kappa shape index (κ2) is 8.35. The predicted molar refractivity (Wildman–Crippen MR) is 114 cm³/mol. The summed E-state index contributed by atoms with van der Waals surface area (Å²) >= 11 is 0. The SMILES string of the molecule is Cc1ccc(S(=O)(=O)[C@H](CNC(=O)C(C)(C)C)c2ccc(N(C)C)cc2)cc1. The topological polar surface area (TPSA) is 66.5 Å². The van der Waals surface area contributed by atoms with Gasteiger partial charge in [-0.3, -0.25) is 4.79 Å². The smallest absolute Gasteiger partial charge is 0.225 e. The van der Waals surface area contributed by atoms with Crippen molar-refractivity contribution in [1.82, 2.24) is 5.32 Å². The van der Waals surface area contributed by atoms with E-state index in [1.807, 2.05) is 50.2 Å². The van der Waals surface area contributed by atoms with Gasteiger partial charge in [-0.25, -0.2) is 8.42 Å². The molecule has 0 spiro atoms. The molecule has 152 valence electrons. The lowest BCUT2D eigenvalue weighted by Crippen LogP contribution is -2.38. The van der Waals surface area contributed by atoms with E-state index in [1.54, 1.807) is 45.0 Å². The molecule has 0 saturated carbocycles. The molecule has 2 aromatic carbocycles. The first-order valence-corrected chi connectivity index (χ1v) is 10.8. The van der Waals surface area contributed by atoms with Crippen LogP contribution in [0, 0.1) is 12.3 Å². The van der Waals surface area contributed by atoms with Gasteiger partial charge in [0, 0.05) is 31.7 Å². The van der Waals surface area contributed by atoms with Crippen LogP contribution < -0.4 is 10.2 Å². The fourth-order valence-electron chi connectivity index (χ4n) is 2.74. The summed E-state index contributed by atoms with van der Waals surface area (Å²) in [6, 6.07) is 14.2. The zero-order valence-electron chi connectivity index (χ0n) is 17.5. The van der Waals surface area contributed by atoms with E-state index in [1.165, 1.54) is 0 Å². The molecular formula is C22H30N2O3S. The van der Waals surface area contributed by atoms with Crippen LogP contribution >= 0.6 is 0 Å². The number of benzene rings is 2. The van der Waals surface area contributed by atoms with E-state index in [2.05, 4.69) is 5.32 Å². The van der Waals surface area contributed by atoms with Crippen molar-refractivity contribution in [1.29, 1.82) is 0 Å². The van der Waals surface area contributed by atoms with Crippen LogP contribution in [0.3, 0.4) is 0 Å². The van der Waals surface area contributed by atoms with Gasteiger partial charge in [-0.15, -0.1) is 0 Å². The molecule has 0 aliphatic carbocycles. The molecule has 0 aliphatic heterocycles. The van der Waals surface area contributed by atoms with Crippen LogP contribution in [0.2, 0.25) is 0 Å². The summed E-state index contributed by atoms with van der Waals surface area (Å²) in [5.41, 5.74) is 2.04. The number of amides is 1. The number of nitrogens with zero attached hydrogens (tertiary/aromatic N) is 1. The summed E-state index contributed by atoms with van der Waals surface area (Å²) < 4.78 is 26.7. The second-order valence-corrected chi connectivity index (χ2v) is 10.4. The maximum Gasteiger partial charge on any atom is 0.225 e. The van der Waals surface area contributed by atoms with Crippen LogP contribution in [0.4, 0.5) is 5.69 Å². The van der Waals surface area contributed by atoms with E-state index in [4.69, 9.17) is 0 Å². The highest BCUT2D eigenvalue weighted by Gasteiger charge is 2.31. The number of aryl methyl sites for hydroxylation is 1. The number of hydrogen-bond donors (Lipinski definition) is 1. The van der Waals surface area contributed by atoms with E-state index in [-0.39, 0.29) is 17.3 Å². The molecule has 28 heavy (non-hydrogen) atoms. The maximum absolute atomic E-state index is 13.4. The monoisotopic (exact) mass is 402 g/mol. The van der Waals surface area contributed by atoms with Gasteiger partial charge in [-0.05, 0) is 36.8 Å². The van der Waals surface area contributed by atoms with Crippen LogP contribution in [-0.4, -0.2) is 35.0 Å². The van der Waals surface area contributed by atoms with Gasteiger partial charge in [-0.1, -0.05) is 50.6 Å². The number of carbonyl (C=O) groups excluding carboxylic acids is 1. The van der Waals surface area contributed by atoms with Crippen LogP contribution in [0.1, 0.15) is 37.1 Å². The van der Waals surface area contributed by atoms with Gasteiger partial charge < -0.3 is 10.2 Å². The summed E-state index contributed by atoms with van der Waals surface area (Å²) in [6.45, 7) is 7.35. The third-order valence-electron chi connectivity index (χ3n) is 4.63. The fraction of sp³-hybridized carbons (Fsp3) is 0.409. The minimum absolute atomic E-state index is 0.0215. The normalized spacial score (nSPS) is 13.1. The van der Waals surface area contributed by atoms with Crippen LogP contribution in [0.25, 0.3) is 0 Å². The van der Waals surface area contributed by atoms with E-state index in [0.717, 1.165) is 11.3 Å². The quantitative estimate of drug-likeness (QED) is 0.799. The lowest BCUT2D eigenvalue weighted by molar-refractivity contribution is -0.128. The van der Waals surface area contributed by atoms with Gasteiger partial charge in [0.2, 0.25) is 5.91 Å². The Labute approximate surface area is 168 Å². The average Bonchev–Trinajstić information content (AvgIpc) is 2.61. The van der Waals surface area contributed by atoms with Crippen molar-refractivity contribution in [2.24, 2.45) is 5.41 Å². The summed E-state index contributed by atoms with van der Waals surface area (Å²) in [7, 11) is 0.186. The Bertz CT molecular complexity index is 910. The van der Waals surface area contributed by atoms with Gasteiger partial charge in [0.05, 0.1) is 4.90 Å². The lowest BCUT2D eigenvalue weighted by Gasteiger charge is -2.23. The molecule has 0 heterocycles. The summed E-state index contributed by atoms with van der Waals surface area (Å²) in [6.07, 6.45) is 0. The van der Waals surface area contributed by atoms with Gasteiger partial charge >= 0.3 is 0 Å². The Kier molecular flexibility index (Phi) is 6.55. The molecule has 0 aliphatic rings. The molecule has 0 fully saturated rings. The highest BCUT2D eigenvalue weighted by molar-refractivity contribution is 7.91. The Morgan fingerprint density at radius 2 is 1.54 bits per heavy atom. The maximum atomic E-state index is 13.4. The van der Waals surface area contributed by atoms with Crippen molar-refractivity contribution in [2.45, 2.75) is 37.8 Å². The minimum Gasteiger partial charge on any atom is -0.378 e. The third-order valence-corrected chi connectivity index (χ3v) is 6.75. The van der Waals surface area contributed by atoms with Crippen molar-refractivity contribution in [3.63, 3.8) is 0 Å². The number of hydrogen-bond acceptors (Lipinski definition) is 4. The Morgan fingerprint density at radius 1 is 1.00 bits per heavy atom. The molecule has 6 heteroatoms. The summed E-state index contributed by atoms with van der Waals surface area (Å²) in [5.74, 6) is -0.179. The van der Waals surface area contributed by atoms with Gasteiger partial charge in [-0.2, -0.15) is 0 Å². The molecule has 0 radical (unpaired) electrons. The predicted octanol–water partition coefficient (Wildman–Crippen LogP) is 3.74. The molecule has 0 aromatic heterocycles. The molecule has 1 N–H and O–H groups in total.